The van der Waals surface area contributed by atoms with Crippen molar-refractivity contribution < 1.29 is 17.4 Å². The molecule has 0 fully saturated rings. The molecule has 0 bridgehead atoms. The Morgan fingerprint density at radius 3 is 2.54 bits per heavy atom. The van der Waals surface area contributed by atoms with Crippen LogP contribution in [0.25, 0.3) is 0 Å². The Morgan fingerprint density at radius 2 is 2.15 bits per heavy atom. The summed E-state index contributed by atoms with van der Waals surface area (Å²) in [5.41, 5.74) is 5.36. The first kappa shape index (κ1) is 12.7. The van der Waals surface area contributed by atoms with Gasteiger partial charge in [0.15, 0.2) is 0 Å². The van der Waals surface area contributed by atoms with E-state index in [-0.39, 0.29) is 0 Å². The van der Waals surface area contributed by atoms with Gasteiger partial charge in [0.1, 0.15) is 6.04 Å². The molecule has 13 heavy (non-hydrogen) atoms. The second-order valence-corrected chi connectivity index (χ2v) is 5.05. The molecule has 2 N–H and O–H groups in total. The van der Waals surface area contributed by atoms with Crippen LogP contribution in [0.1, 0.15) is 6.42 Å². The van der Waals surface area contributed by atoms with Crippen molar-refractivity contribution in [2.75, 3.05) is 18.3 Å². The van der Waals surface area contributed by atoms with Gasteiger partial charge >= 0.3 is 16.1 Å². The molecule has 1 atom stereocenters. The maximum atomic E-state index is 10.9. The first-order valence-electron chi connectivity index (χ1n) is 3.54. The smallest absolute Gasteiger partial charge is 0.338 e. The number of carbonyl (C=O) groups is 1. The van der Waals surface area contributed by atoms with Crippen molar-refractivity contribution in [3.63, 3.8) is 0 Å². The molecule has 0 rings (SSSR count). The number of carbonyl (C=O) groups excluding carboxylic acids is 1. The average molecular weight is 227 g/mol. The number of thioether (sulfide) groups is 1. The molecule has 0 amide bonds. The molecule has 0 aromatic rings. The molecule has 0 radical (unpaired) electrons. The molecule has 0 saturated carbocycles. The first-order valence-corrected chi connectivity index (χ1v) is 6.75. The third-order valence-electron chi connectivity index (χ3n) is 1.17. The largest absolute Gasteiger partial charge is 0.344 e. The van der Waals surface area contributed by atoms with E-state index in [1.807, 2.05) is 6.26 Å². The minimum Gasteiger partial charge on any atom is -0.344 e. The van der Waals surface area contributed by atoms with E-state index in [2.05, 4.69) is 4.18 Å². The molecular weight excluding hydrogens is 214 g/mol. The monoisotopic (exact) mass is 227 g/mol. The van der Waals surface area contributed by atoms with Crippen molar-refractivity contribution in [1.29, 1.82) is 0 Å². The Balaban J connectivity index is 3.97. The average Bonchev–Trinajstić information content (AvgIpc) is 1.96. The predicted molar refractivity (Wildman–Crippen MR) is 51.9 cm³/mol. The Hall–Kier alpha value is -0.270. The van der Waals surface area contributed by atoms with Crippen molar-refractivity contribution in [3.8, 4) is 0 Å². The molecule has 0 spiro atoms. The third kappa shape index (κ3) is 6.85. The van der Waals surface area contributed by atoms with Gasteiger partial charge in [-0.2, -0.15) is 20.2 Å². The van der Waals surface area contributed by atoms with E-state index in [0.29, 0.717) is 12.2 Å². The highest BCUT2D eigenvalue weighted by Crippen LogP contribution is 2.01. The van der Waals surface area contributed by atoms with Crippen LogP contribution in [0.4, 0.5) is 0 Å². The molecule has 0 saturated heterocycles. The molecule has 78 valence electrons. The molecule has 0 aromatic heterocycles. The molecule has 0 aliphatic heterocycles. The summed E-state index contributed by atoms with van der Waals surface area (Å²) in [6.45, 7) is 0. The van der Waals surface area contributed by atoms with Crippen LogP contribution >= 0.6 is 11.8 Å². The minimum atomic E-state index is -3.73. The van der Waals surface area contributed by atoms with E-state index in [9.17, 15) is 13.2 Å². The standard InChI is InChI=1S/C6H13NO4S2/c1-12-4-3-5(7)6(8)11-13(2,9)10/h5H,3-4,7H2,1-2H3/t5-/m0/s1. The van der Waals surface area contributed by atoms with Crippen LogP contribution in [0.5, 0.6) is 0 Å². The summed E-state index contributed by atoms with van der Waals surface area (Å²) in [6, 6.07) is -0.859. The van der Waals surface area contributed by atoms with Gasteiger partial charge in [0.05, 0.1) is 6.26 Å². The predicted octanol–water partition coefficient (Wildman–Crippen LogP) is -0.430. The lowest BCUT2D eigenvalue weighted by molar-refractivity contribution is -0.135. The molecule has 0 unspecified atom stereocenters. The van der Waals surface area contributed by atoms with Crippen molar-refractivity contribution in [2.45, 2.75) is 12.5 Å². The third-order valence-corrected chi connectivity index (χ3v) is 2.28. The Labute approximate surface area is 82.1 Å². The Kier molecular flexibility index (Phi) is 5.34. The van der Waals surface area contributed by atoms with Crippen molar-refractivity contribution in [3.05, 3.63) is 0 Å². The van der Waals surface area contributed by atoms with Crippen LogP contribution in [-0.4, -0.2) is 38.7 Å². The lowest BCUT2D eigenvalue weighted by Crippen LogP contribution is -2.34. The zero-order chi connectivity index (χ0) is 10.5. The minimum absolute atomic E-state index is 0.412. The second-order valence-electron chi connectivity index (χ2n) is 2.49. The summed E-state index contributed by atoms with van der Waals surface area (Å²) in [6.07, 6.45) is 3.09. The second kappa shape index (κ2) is 5.46. The van der Waals surface area contributed by atoms with Gasteiger partial charge in [-0.15, -0.1) is 0 Å². The van der Waals surface area contributed by atoms with E-state index in [1.165, 1.54) is 11.8 Å². The van der Waals surface area contributed by atoms with Gasteiger partial charge in [-0.1, -0.05) is 0 Å². The Morgan fingerprint density at radius 1 is 1.62 bits per heavy atom. The zero-order valence-electron chi connectivity index (χ0n) is 7.52. The zero-order valence-corrected chi connectivity index (χ0v) is 9.15. The number of hydrogen-bond acceptors (Lipinski definition) is 6. The molecule has 0 aliphatic rings. The number of hydrogen-bond donors (Lipinski definition) is 1. The molecule has 0 aromatic carbocycles. The van der Waals surface area contributed by atoms with Crippen molar-refractivity contribution in [2.24, 2.45) is 5.73 Å². The van der Waals surface area contributed by atoms with Crippen molar-refractivity contribution >= 4 is 27.8 Å². The van der Waals surface area contributed by atoms with E-state index < -0.39 is 22.1 Å². The van der Waals surface area contributed by atoms with E-state index in [0.717, 1.165) is 6.26 Å². The molecule has 7 heteroatoms. The van der Waals surface area contributed by atoms with Gasteiger partial charge in [0.25, 0.3) is 0 Å². The molecular formula is C6H13NO4S2. The van der Waals surface area contributed by atoms with E-state index in [1.54, 1.807) is 0 Å². The van der Waals surface area contributed by atoms with Gasteiger partial charge in [-0.05, 0) is 18.4 Å². The van der Waals surface area contributed by atoms with Crippen LogP contribution in [0.2, 0.25) is 0 Å². The first-order chi connectivity index (χ1) is 5.87. The summed E-state index contributed by atoms with van der Waals surface area (Å²) in [5, 5.41) is 0. The van der Waals surface area contributed by atoms with Crippen LogP contribution in [-0.2, 0) is 19.1 Å². The highest BCUT2D eigenvalue weighted by Gasteiger charge is 2.18. The fourth-order valence-corrected chi connectivity index (χ4v) is 1.49. The fraction of sp³-hybridized carbons (Fsp3) is 0.833. The maximum absolute atomic E-state index is 10.9. The van der Waals surface area contributed by atoms with Gasteiger partial charge in [0.2, 0.25) is 0 Å². The van der Waals surface area contributed by atoms with E-state index >= 15 is 0 Å². The summed E-state index contributed by atoms with van der Waals surface area (Å²) >= 11 is 1.53. The lowest BCUT2D eigenvalue weighted by atomic mass is 10.2. The topological polar surface area (TPSA) is 86.5 Å². The van der Waals surface area contributed by atoms with Gasteiger partial charge in [-0.3, -0.25) is 0 Å². The SMILES string of the molecule is CSCC[C@H](N)C(=O)OS(C)(=O)=O. The van der Waals surface area contributed by atoms with Crippen molar-refractivity contribution in [1.82, 2.24) is 0 Å². The summed E-state index contributed by atoms with van der Waals surface area (Å²) in [4.78, 5) is 10.9. The fourth-order valence-electron chi connectivity index (χ4n) is 0.574. The summed E-state index contributed by atoms with van der Waals surface area (Å²) in [5.74, 6) is -0.198. The Bertz CT molecular complexity index is 262. The lowest BCUT2D eigenvalue weighted by Gasteiger charge is -2.08. The van der Waals surface area contributed by atoms with Crippen LogP contribution in [0.3, 0.4) is 0 Å². The summed E-state index contributed by atoms with van der Waals surface area (Å²) in [7, 11) is -3.73. The van der Waals surface area contributed by atoms with Gasteiger partial charge < -0.3 is 9.92 Å². The van der Waals surface area contributed by atoms with E-state index in [4.69, 9.17) is 5.73 Å². The molecule has 0 aliphatic carbocycles. The van der Waals surface area contributed by atoms with Crippen LogP contribution in [0, 0.1) is 0 Å². The van der Waals surface area contributed by atoms with Gasteiger partial charge in [-0.25, -0.2) is 4.79 Å². The van der Waals surface area contributed by atoms with Gasteiger partial charge in [0, 0.05) is 0 Å². The normalized spacial score (nSPS) is 13.8. The molecule has 5 nitrogen and oxygen atoms in total. The van der Waals surface area contributed by atoms with Crippen LogP contribution in [0.15, 0.2) is 0 Å². The van der Waals surface area contributed by atoms with Crippen LogP contribution < -0.4 is 5.73 Å². The number of nitrogens with two attached hydrogens (primary N) is 1. The maximum Gasteiger partial charge on any atom is 0.338 e. The highest BCUT2D eigenvalue weighted by atomic mass is 32.2. The summed E-state index contributed by atoms with van der Waals surface area (Å²) < 4.78 is 25.1. The highest BCUT2D eigenvalue weighted by molar-refractivity contribution is 7.98. The molecule has 0 heterocycles. The number of rotatable bonds is 5. The quantitative estimate of drug-likeness (QED) is 0.641.